The van der Waals surface area contributed by atoms with Crippen molar-refractivity contribution in [3.63, 3.8) is 0 Å². The van der Waals surface area contributed by atoms with Crippen LogP contribution in [0.2, 0.25) is 0 Å². The summed E-state index contributed by atoms with van der Waals surface area (Å²) in [5, 5.41) is 3.98. The molecule has 0 amide bonds. The highest BCUT2D eigenvalue weighted by molar-refractivity contribution is 5.20. The predicted molar refractivity (Wildman–Crippen MR) is 63.3 cm³/mol. The minimum Gasteiger partial charge on any atom is -0.361 e. The molecule has 1 unspecified atom stereocenters. The maximum Gasteiger partial charge on any atom is 0.137 e. The molecule has 0 saturated carbocycles. The van der Waals surface area contributed by atoms with Gasteiger partial charge in [-0.1, -0.05) is 5.16 Å². The van der Waals surface area contributed by atoms with Crippen LogP contribution in [0.3, 0.4) is 0 Å². The molecule has 0 aromatic carbocycles. The first-order valence-electron chi connectivity index (χ1n) is 6.06. The van der Waals surface area contributed by atoms with E-state index in [0.29, 0.717) is 6.04 Å². The number of nitrogens with two attached hydrogens (primary N) is 1. The third-order valence-electron chi connectivity index (χ3n) is 3.40. The number of rotatable bonds is 3. The fraction of sp³-hybridized carbons (Fsp3) is 0.750. The predicted octanol–water partition coefficient (Wildman–Crippen LogP) is 1.26. The SMILES string of the molecule is Cc1noc(C)c1CCN1CCCC(N)C1. The summed E-state index contributed by atoms with van der Waals surface area (Å²) in [6, 6.07) is 0.360. The number of nitrogens with zero attached hydrogens (tertiary/aromatic N) is 2. The minimum atomic E-state index is 0.360. The summed E-state index contributed by atoms with van der Waals surface area (Å²) >= 11 is 0. The second kappa shape index (κ2) is 4.97. The van der Waals surface area contributed by atoms with Crippen molar-refractivity contribution in [2.75, 3.05) is 19.6 Å². The average Bonchev–Trinajstić information content (AvgIpc) is 2.56. The van der Waals surface area contributed by atoms with Gasteiger partial charge >= 0.3 is 0 Å². The Morgan fingerprint density at radius 3 is 2.94 bits per heavy atom. The highest BCUT2D eigenvalue weighted by Gasteiger charge is 2.17. The van der Waals surface area contributed by atoms with Crippen LogP contribution in [-0.2, 0) is 6.42 Å². The Labute approximate surface area is 96.8 Å². The first kappa shape index (κ1) is 11.6. The maximum absolute atomic E-state index is 5.96. The molecular weight excluding hydrogens is 202 g/mol. The lowest BCUT2D eigenvalue weighted by Crippen LogP contribution is -2.43. The standard InChI is InChI=1S/C12H21N3O/c1-9-12(10(2)16-14-9)5-7-15-6-3-4-11(13)8-15/h11H,3-8,13H2,1-2H3. The summed E-state index contributed by atoms with van der Waals surface area (Å²) in [7, 11) is 0. The molecule has 90 valence electrons. The summed E-state index contributed by atoms with van der Waals surface area (Å²) in [5.74, 6) is 0.957. The van der Waals surface area contributed by atoms with Crippen LogP contribution in [0.5, 0.6) is 0 Å². The third-order valence-corrected chi connectivity index (χ3v) is 3.40. The molecule has 16 heavy (non-hydrogen) atoms. The summed E-state index contributed by atoms with van der Waals surface area (Å²) in [4.78, 5) is 2.44. The lowest BCUT2D eigenvalue weighted by molar-refractivity contribution is 0.211. The molecule has 4 nitrogen and oxygen atoms in total. The van der Waals surface area contributed by atoms with Gasteiger partial charge in [-0.15, -0.1) is 0 Å². The van der Waals surface area contributed by atoms with Crippen LogP contribution in [0.1, 0.15) is 29.9 Å². The van der Waals surface area contributed by atoms with Crippen molar-refractivity contribution in [2.24, 2.45) is 5.73 Å². The molecule has 0 radical (unpaired) electrons. The van der Waals surface area contributed by atoms with Crippen molar-refractivity contribution in [1.29, 1.82) is 0 Å². The lowest BCUT2D eigenvalue weighted by atomic mass is 10.1. The Bertz CT molecular complexity index is 329. The third kappa shape index (κ3) is 2.62. The zero-order valence-corrected chi connectivity index (χ0v) is 10.2. The smallest absolute Gasteiger partial charge is 0.137 e. The van der Waals surface area contributed by atoms with Gasteiger partial charge < -0.3 is 15.2 Å². The van der Waals surface area contributed by atoms with Crippen LogP contribution in [0.25, 0.3) is 0 Å². The van der Waals surface area contributed by atoms with Crippen molar-refractivity contribution in [2.45, 2.75) is 39.2 Å². The van der Waals surface area contributed by atoms with Crippen LogP contribution >= 0.6 is 0 Å². The monoisotopic (exact) mass is 223 g/mol. The van der Waals surface area contributed by atoms with E-state index in [9.17, 15) is 0 Å². The van der Waals surface area contributed by atoms with E-state index in [2.05, 4.69) is 10.1 Å². The summed E-state index contributed by atoms with van der Waals surface area (Å²) in [6.45, 7) is 7.27. The molecule has 0 aliphatic carbocycles. The van der Waals surface area contributed by atoms with Gasteiger partial charge in [-0.25, -0.2) is 0 Å². The van der Waals surface area contributed by atoms with E-state index in [1.54, 1.807) is 0 Å². The fourth-order valence-corrected chi connectivity index (χ4v) is 2.42. The molecule has 1 atom stereocenters. The molecular formula is C12H21N3O. The zero-order valence-electron chi connectivity index (χ0n) is 10.2. The van der Waals surface area contributed by atoms with Gasteiger partial charge in [0.25, 0.3) is 0 Å². The Morgan fingerprint density at radius 1 is 1.50 bits per heavy atom. The van der Waals surface area contributed by atoms with Gasteiger partial charge in [0, 0.05) is 24.7 Å². The number of likely N-dealkylation sites (tertiary alicyclic amines) is 1. The quantitative estimate of drug-likeness (QED) is 0.838. The van der Waals surface area contributed by atoms with Crippen LogP contribution < -0.4 is 5.73 Å². The van der Waals surface area contributed by atoms with E-state index in [1.165, 1.54) is 24.9 Å². The van der Waals surface area contributed by atoms with Gasteiger partial charge in [0.05, 0.1) is 5.69 Å². The van der Waals surface area contributed by atoms with Crippen molar-refractivity contribution in [1.82, 2.24) is 10.1 Å². The van der Waals surface area contributed by atoms with Gasteiger partial charge in [0.2, 0.25) is 0 Å². The molecule has 4 heteroatoms. The van der Waals surface area contributed by atoms with E-state index in [1.807, 2.05) is 13.8 Å². The minimum absolute atomic E-state index is 0.360. The van der Waals surface area contributed by atoms with Crippen LogP contribution in [-0.4, -0.2) is 35.7 Å². The first-order chi connectivity index (χ1) is 7.66. The number of aromatic nitrogens is 1. The van der Waals surface area contributed by atoms with Crippen LogP contribution in [0.4, 0.5) is 0 Å². The van der Waals surface area contributed by atoms with Gasteiger partial charge in [-0.2, -0.15) is 0 Å². The van der Waals surface area contributed by atoms with E-state index in [-0.39, 0.29) is 0 Å². The van der Waals surface area contributed by atoms with Gasteiger partial charge in [0.1, 0.15) is 5.76 Å². The lowest BCUT2D eigenvalue weighted by Gasteiger charge is -2.30. The maximum atomic E-state index is 5.96. The van der Waals surface area contributed by atoms with Gasteiger partial charge in [-0.05, 0) is 39.7 Å². The largest absolute Gasteiger partial charge is 0.361 e. The number of piperidine rings is 1. The Morgan fingerprint density at radius 2 is 2.31 bits per heavy atom. The van der Waals surface area contributed by atoms with Gasteiger partial charge in [0.15, 0.2) is 0 Å². The molecule has 0 spiro atoms. The number of aryl methyl sites for hydroxylation is 2. The second-order valence-corrected chi connectivity index (χ2v) is 4.76. The Kier molecular flexibility index (Phi) is 3.61. The average molecular weight is 223 g/mol. The summed E-state index contributed by atoms with van der Waals surface area (Å²) in [6.07, 6.45) is 3.42. The molecule has 2 rings (SSSR count). The second-order valence-electron chi connectivity index (χ2n) is 4.76. The Hall–Kier alpha value is -0.870. The van der Waals surface area contributed by atoms with Crippen molar-refractivity contribution < 1.29 is 4.52 Å². The topological polar surface area (TPSA) is 55.3 Å². The number of hydrogen-bond acceptors (Lipinski definition) is 4. The molecule has 0 bridgehead atoms. The van der Waals surface area contributed by atoms with Crippen molar-refractivity contribution in [3.8, 4) is 0 Å². The van der Waals surface area contributed by atoms with E-state index >= 15 is 0 Å². The first-order valence-corrected chi connectivity index (χ1v) is 6.06. The fourth-order valence-electron chi connectivity index (χ4n) is 2.42. The highest BCUT2D eigenvalue weighted by atomic mass is 16.5. The molecule has 1 aliphatic heterocycles. The number of hydrogen-bond donors (Lipinski definition) is 1. The van der Waals surface area contributed by atoms with Gasteiger partial charge in [-0.3, -0.25) is 0 Å². The van der Waals surface area contributed by atoms with E-state index in [0.717, 1.165) is 31.0 Å². The van der Waals surface area contributed by atoms with Crippen molar-refractivity contribution in [3.05, 3.63) is 17.0 Å². The van der Waals surface area contributed by atoms with Crippen LogP contribution in [0.15, 0.2) is 4.52 Å². The molecule has 1 aromatic rings. The van der Waals surface area contributed by atoms with E-state index < -0.39 is 0 Å². The normalized spacial score (nSPS) is 22.6. The Balaban J connectivity index is 1.87. The molecule has 1 saturated heterocycles. The molecule has 1 aliphatic rings. The molecule has 2 heterocycles. The zero-order chi connectivity index (χ0) is 11.5. The van der Waals surface area contributed by atoms with Crippen LogP contribution in [0, 0.1) is 13.8 Å². The summed E-state index contributed by atoms with van der Waals surface area (Å²) < 4.78 is 5.16. The van der Waals surface area contributed by atoms with E-state index in [4.69, 9.17) is 10.3 Å². The van der Waals surface area contributed by atoms with Crippen molar-refractivity contribution >= 4 is 0 Å². The highest BCUT2D eigenvalue weighted by Crippen LogP contribution is 2.15. The summed E-state index contributed by atoms with van der Waals surface area (Å²) in [5.41, 5.74) is 8.25. The molecule has 2 N–H and O–H groups in total. The molecule has 1 fully saturated rings. The molecule has 1 aromatic heterocycles.